The highest BCUT2D eigenvalue weighted by Crippen LogP contribution is 2.22. The molecule has 1 saturated heterocycles. The van der Waals surface area contributed by atoms with Crippen molar-refractivity contribution in [3.05, 3.63) is 29.8 Å². The number of ether oxygens (including phenoxy) is 1. The number of amidine groups is 1. The first-order valence-corrected chi connectivity index (χ1v) is 8.50. The maximum Gasteiger partial charge on any atom is 0.305 e. The van der Waals surface area contributed by atoms with Crippen molar-refractivity contribution in [2.24, 2.45) is 10.2 Å². The lowest BCUT2D eigenvalue weighted by atomic mass is 10.2. The van der Waals surface area contributed by atoms with Crippen molar-refractivity contribution in [2.45, 2.75) is 31.4 Å². The molecule has 1 aliphatic heterocycles. The average molecular weight is 349 g/mol. The first kappa shape index (κ1) is 18.0. The minimum Gasteiger partial charge on any atom is -0.493 e. The van der Waals surface area contributed by atoms with Gasteiger partial charge in [-0.1, -0.05) is 37.2 Å². The number of amides is 1. The number of hydrogen-bond donors (Lipinski definition) is 2. The molecule has 1 aliphatic rings. The summed E-state index contributed by atoms with van der Waals surface area (Å²) in [5.41, 5.74) is 0.786. The Morgan fingerprint density at radius 3 is 3.00 bits per heavy atom. The monoisotopic (exact) mass is 349 g/mol. The van der Waals surface area contributed by atoms with E-state index in [1.54, 1.807) is 6.21 Å². The van der Waals surface area contributed by atoms with Gasteiger partial charge in [0.1, 0.15) is 11.0 Å². The minimum atomic E-state index is -1.02. The van der Waals surface area contributed by atoms with Crippen molar-refractivity contribution in [3.63, 3.8) is 0 Å². The van der Waals surface area contributed by atoms with Gasteiger partial charge in [-0.3, -0.25) is 9.59 Å². The molecule has 0 aromatic heterocycles. The predicted molar refractivity (Wildman–Crippen MR) is 93.6 cm³/mol. The fourth-order valence-electron chi connectivity index (χ4n) is 1.93. The highest BCUT2D eigenvalue weighted by Gasteiger charge is 2.32. The molecule has 2 N–H and O–H groups in total. The lowest BCUT2D eigenvalue weighted by Crippen LogP contribution is -2.26. The van der Waals surface area contributed by atoms with E-state index < -0.39 is 11.2 Å². The Morgan fingerprint density at radius 1 is 1.46 bits per heavy atom. The first-order valence-electron chi connectivity index (χ1n) is 7.62. The summed E-state index contributed by atoms with van der Waals surface area (Å²) < 4.78 is 5.70. The molecule has 2 rings (SSSR count). The molecule has 0 radical (unpaired) electrons. The van der Waals surface area contributed by atoms with E-state index in [1.807, 2.05) is 24.3 Å². The number of nitrogens with zero attached hydrogens (tertiary/aromatic N) is 2. The molecule has 1 amide bonds. The highest BCUT2D eigenvalue weighted by molar-refractivity contribution is 8.15. The standard InChI is InChI=1S/C16H19N3O4S/c1-2-3-8-23-12-7-5-4-6-11(12)10-17-19-16-18-15(22)13(24-16)9-14(20)21/h4-7,10,13H,2-3,8-9H2,1H3,(H,20,21)(H,18,19,22)/b17-10-/t13-/m1/s1. The first-order chi connectivity index (χ1) is 11.6. The van der Waals surface area contributed by atoms with Gasteiger partial charge in [-0.2, -0.15) is 5.10 Å². The molecular formula is C16H19N3O4S. The lowest BCUT2D eigenvalue weighted by molar-refractivity contribution is -0.138. The van der Waals surface area contributed by atoms with Crippen molar-refractivity contribution >= 4 is 35.0 Å². The number of para-hydroxylation sites is 1. The van der Waals surface area contributed by atoms with Crippen LogP contribution in [0, 0.1) is 0 Å². The van der Waals surface area contributed by atoms with Crippen molar-refractivity contribution in [1.82, 2.24) is 5.32 Å². The Morgan fingerprint density at radius 2 is 2.25 bits per heavy atom. The molecule has 7 nitrogen and oxygen atoms in total. The van der Waals surface area contributed by atoms with Gasteiger partial charge in [-0.05, 0) is 18.6 Å². The van der Waals surface area contributed by atoms with E-state index in [1.165, 1.54) is 0 Å². The number of hydrogen-bond acceptors (Lipinski definition) is 6. The number of carboxylic acids is 1. The molecule has 8 heteroatoms. The number of unbranched alkanes of at least 4 members (excludes halogenated alkanes) is 1. The number of carbonyl (C=O) groups excluding carboxylic acids is 1. The summed E-state index contributed by atoms with van der Waals surface area (Å²) in [5.74, 6) is -0.660. The summed E-state index contributed by atoms with van der Waals surface area (Å²) in [6, 6.07) is 7.47. The zero-order chi connectivity index (χ0) is 17.4. The molecule has 1 heterocycles. The van der Waals surface area contributed by atoms with Gasteiger partial charge in [0.25, 0.3) is 0 Å². The van der Waals surface area contributed by atoms with E-state index in [9.17, 15) is 9.59 Å². The van der Waals surface area contributed by atoms with E-state index in [0.717, 1.165) is 35.9 Å². The number of aliphatic carboxylic acids is 1. The van der Waals surface area contributed by atoms with Crippen LogP contribution >= 0.6 is 11.8 Å². The van der Waals surface area contributed by atoms with Crippen LogP contribution in [0.2, 0.25) is 0 Å². The van der Waals surface area contributed by atoms with Gasteiger partial charge in [0.15, 0.2) is 5.17 Å². The summed E-state index contributed by atoms with van der Waals surface area (Å²) in [7, 11) is 0. The molecule has 1 aromatic carbocycles. The molecule has 24 heavy (non-hydrogen) atoms. The number of nitrogens with one attached hydrogen (secondary N) is 1. The van der Waals surface area contributed by atoms with Gasteiger partial charge in [0.2, 0.25) is 5.91 Å². The van der Waals surface area contributed by atoms with Crippen LogP contribution in [0.1, 0.15) is 31.7 Å². The molecule has 0 saturated carbocycles. The molecule has 0 unspecified atom stereocenters. The molecule has 0 spiro atoms. The molecule has 1 aromatic rings. The topological polar surface area (TPSA) is 100 Å². The number of carboxylic acid groups (broad SMARTS) is 1. The summed E-state index contributed by atoms with van der Waals surface area (Å²) in [6.45, 7) is 2.73. The van der Waals surface area contributed by atoms with Gasteiger partial charge < -0.3 is 15.2 Å². The molecule has 128 valence electrons. The van der Waals surface area contributed by atoms with Crippen LogP contribution in [-0.2, 0) is 9.59 Å². The van der Waals surface area contributed by atoms with E-state index in [4.69, 9.17) is 9.84 Å². The second kappa shape index (κ2) is 9.07. The summed E-state index contributed by atoms with van der Waals surface area (Å²) in [4.78, 5) is 22.3. The Bertz CT molecular complexity index is 660. The number of thioether (sulfide) groups is 1. The quantitative estimate of drug-likeness (QED) is 0.426. The van der Waals surface area contributed by atoms with Crippen molar-refractivity contribution in [3.8, 4) is 5.75 Å². The van der Waals surface area contributed by atoms with E-state index >= 15 is 0 Å². The van der Waals surface area contributed by atoms with Gasteiger partial charge in [0.05, 0.1) is 19.2 Å². The van der Waals surface area contributed by atoms with Crippen LogP contribution in [0.4, 0.5) is 0 Å². The smallest absolute Gasteiger partial charge is 0.305 e. The number of carbonyl (C=O) groups is 2. The second-order valence-corrected chi connectivity index (χ2v) is 6.27. The van der Waals surface area contributed by atoms with Crippen LogP contribution < -0.4 is 10.1 Å². The summed E-state index contributed by atoms with van der Waals surface area (Å²) in [6.07, 6.45) is 3.33. The zero-order valence-corrected chi connectivity index (χ0v) is 14.1. The maximum absolute atomic E-state index is 11.6. The third-order valence-corrected chi connectivity index (χ3v) is 4.23. The van der Waals surface area contributed by atoms with Crippen LogP contribution in [0.3, 0.4) is 0 Å². The van der Waals surface area contributed by atoms with Crippen molar-refractivity contribution in [2.75, 3.05) is 6.61 Å². The Kier molecular flexibility index (Phi) is 6.80. The average Bonchev–Trinajstić information content (AvgIpc) is 2.88. The van der Waals surface area contributed by atoms with Crippen molar-refractivity contribution in [1.29, 1.82) is 0 Å². The normalized spacial score (nSPS) is 19.0. The molecule has 0 bridgehead atoms. The SMILES string of the molecule is CCCCOc1ccccc1/C=N\N=C1\NC(=O)[C@@H](CC(=O)O)S1. The largest absolute Gasteiger partial charge is 0.493 e. The van der Waals surface area contributed by atoms with Crippen LogP contribution in [0.15, 0.2) is 34.5 Å². The fourth-order valence-corrected chi connectivity index (χ4v) is 2.85. The van der Waals surface area contributed by atoms with Gasteiger partial charge >= 0.3 is 5.97 Å². The van der Waals surface area contributed by atoms with E-state index in [2.05, 4.69) is 22.4 Å². The Labute approximate surface area is 144 Å². The lowest BCUT2D eigenvalue weighted by Gasteiger charge is -2.07. The van der Waals surface area contributed by atoms with Crippen molar-refractivity contribution < 1.29 is 19.4 Å². The highest BCUT2D eigenvalue weighted by atomic mass is 32.2. The Hall–Kier alpha value is -2.35. The number of benzene rings is 1. The molecular weight excluding hydrogens is 330 g/mol. The van der Waals surface area contributed by atoms with Crippen LogP contribution in [0.25, 0.3) is 0 Å². The van der Waals surface area contributed by atoms with E-state index in [0.29, 0.717) is 11.8 Å². The van der Waals surface area contributed by atoms with Gasteiger partial charge in [0, 0.05) is 5.56 Å². The number of rotatable bonds is 8. The van der Waals surface area contributed by atoms with Crippen LogP contribution in [-0.4, -0.2) is 40.2 Å². The zero-order valence-electron chi connectivity index (χ0n) is 13.3. The Balaban J connectivity index is 1.99. The third-order valence-electron chi connectivity index (χ3n) is 3.16. The molecule has 1 atom stereocenters. The third kappa shape index (κ3) is 5.38. The summed E-state index contributed by atoms with van der Waals surface area (Å²) >= 11 is 1.07. The van der Waals surface area contributed by atoms with E-state index in [-0.39, 0.29) is 12.3 Å². The molecule has 0 aliphatic carbocycles. The maximum atomic E-state index is 11.6. The second-order valence-electron chi connectivity index (χ2n) is 5.08. The minimum absolute atomic E-state index is 0.243. The summed E-state index contributed by atoms with van der Waals surface area (Å²) in [5, 5.41) is 18.8. The fraction of sp³-hybridized carbons (Fsp3) is 0.375. The molecule has 1 fully saturated rings. The van der Waals surface area contributed by atoms with Gasteiger partial charge in [-0.15, -0.1) is 5.10 Å². The predicted octanol–water partition coefficient (Wildman–Crippen LogP) is 2.26. The van der Waals surface area contributed by atoms with Gasteiger partial charge in [-0.25, -0.2) is 0 Å². The van der Waals surface area contributed by atoms with Crippen LogP contribution in [0.5, 0.6) is 5.75 Å².